The number of hydrogen-bond donors (Lipinski definition) is 1. The highest BCUT2D eigenvalue weighted by Crippen LogP contribution is 2.20. The Bertz CT molecular complexity index is 208. The number of carbonyl (C=O) groups excluding carboxylic acids is 1. The van der Waals surface area contributed by atoms with Crippen LogP contribution in [0.1, 0.15) is 40.5 Å². The van der Waals surface area contributed by atoms with Crippen LogP contribution in [-0.4, -0.2) is 24.2 Å². The Balaban J connectivity index is 2.44. The molecular formula is C11H21NO2. The summed E-state index contributed by atoms with van der Waals surface area (Å²) in [6.07, 6.45) is 1.80. The molecule has 1 heterocycles. The first-order valence-corrected chi connectivity index (χ1v) is 5.35. The van der Waals surface area contributed by atoms with Crippen molar-refractivity contribution >= 4 is 5.97 Å². The van der Waals surface area contributed by atoms with Crippen LogP contribution in [-0.2, 0) is 9.53 Å². The lowest BCUT2D eigenvalue weighted by Crippen LogP contribution is -2.40. The highest BCUT2D eigenvalue weighted by atomic mass is 16.6. The summed E-state index contributed by atoms with van der Waals surface area (Å²) in [7, 11) is 0. The van der Waals surface area contributed by atoms with Crippen LogP contribution >= 0.6 is 0 Å². The lowest BCUT2D eigenvalue weighted by atomic mass is 9.93. The average Bonchev–Trinajstić information content (AvgIpc) is 2.01. The molecule has 0 unspecified atom stereocenters. The topological polar surface area (TPSA) is 38.3 Å². The van der Waals surface area contributed by atoms with Gasteiger partial charge in [-0.3, -0.25) is 4.79 Å². The van der Waals surface area contributed by atoms with Crippen LogP contribution in [0.5, 0.6) is 0 Å². The first-order valence-electron chi connectivity index (χ1n) is 5.35. The maximum atomic E-state index is 11.7. The van der Waals surface area contributed by atoms with Crippen molar-refractivity contribution in [3.05, 3.63) is 0 Å². The number of carbonyl (C=O) groups is 1. The van der Waals surface area contributed by atoms with Crippen LogP contribution in [0.3, 0.4) is 0 Å². The monoisotopic (exact) mass is 199 g/mol. The lowest BCUT2D eigenvalue weighted by molar-refractivity contribution is -0.161. The molecule has 82 valence electrons. The van der Waals surface area contributed by atoms with E-state index in [-0.39, 0.29) is 17.5 Å². The number of nitrogens with one attached hydrogen (secondary N) is 1. The van der Waals surface area contributed by atoms with Crippen LogP contribution in [0.15, 0.2) is 0 Å². The molecule has 0 aliphatic carbocycles. The van der Waals surface area contributed by atoms with Crippen LogP contribution in [0.4, 0.5) is 0 Å². The van der Waals surface area contributed by atoms with E-state index in [0.717, 1.165) is 19.4 Å². The summed E-state index contributed by atoms with van der Waals surface area (Å²) in [5.41, 5.74) is -0.356. The zero-order valence-corrected chi connectivity index (χ0v) is 9.59. The molecule has 0 spiro atoms. The number of esters is 1. The summed E-state index contributed by atoms with van der Waals surface area (Å²) >= 11 is 0. The van der Waals surface area contributed by atoms with Crippen LogP contribution in [0.2, 0.25) is 0 Å². The molecule has 1 aliphatic heterocycles. The molecule has 0 saturated carbocycles. The van der Waals surface area contributed by atoms with E-state index < -0.39 is 0 Å². The minimum absolute atomic E-state index is 0.0362. The molecule has 0 radical (unpaired) electrons. The van der Waals surface area contributed by atoms with Gasteiger partial charge in [-0.2, -0.15) is 0 Å². The Hall–Kier alpha value is -0.570. The van der Waals surface area contributed by atoms with Crippen LogP contribution in [0, 0.1) is 5.92 Å². The molecule has 1 N–H and O–H groups in total. The van der Waals surface area contributed by atoms with Gasteiger partial charge < -0.3 is 10.1 Å². The summed E-state index contributed by atoms with van der Waals surface area (Å²) in [4.78, 5) is 11.7. The minimum Gasteiger partial charge on any atom is -0.460 e. The third-order valence-electron chi connectivity index (χ3n) is 2.36. The molecule has 1 rings (SSSR count). The van der Waals surface area contributed by atoms with Crippen molar-refractivity contribution < 1.29 is 9.53 Å². The van der Waals surface area contributed by atoms with Crippen LogP contribution < -0.4 is 5.32 Å². The number of hydrogen-bond acceptors (Lipinski definition) is 3. The summed E-state index contributed by atoms with van der Waals surface area (Å²) in [5.74, 6) is 0.0522. The van der Waals surface area contributed by atoms with Crippen molar-refractivity contribution in [3.63, 3.8) is 0 Å². The zero-order valence-electron chi connectivity index (χ0n) is 9.59. The Morgan fingerprint density at radius 3 is 2.57 bits per heavy atom. The van der Waals surface area contributed by atoms with E-state index in [1.54, 1.807) is 0 Å². The Kier molecular flexibility index (Phi) is 3.53. The van der Waals surface area contributed by atoms with Gasteiger partial charge in [-0.25, -0.2) is 0 Å². The number of rotatable bonds is 1. The van der Waals surface area contributed by atoms with E-state index in [1.165, 1.54) is 0 Å². The quantitative estimate of drug-likeness (QED) is 0.653. The summed E-state index contributed by atoms with van der Waals surface area (Å²) in [5, 5.41) is 3.32. The molecule has 0 amide bonds. The second-order valence-corrected chi connectivity index (χ2v) is 5.11. The van der Waals surface area contributed by atoms with E-state index in [0.29, 0.717) is 6.04 Å². The molecule has 1 aliphatic rings. The van der Waals surface area contributed by atoms with Crippen molar-refractivity contribution in [3.8, 4) is 0 Å². The van der Waals surface area contributed by atoms with Crippen molar-refractivity contribution in [2.45, 2.75) is 52.2 Å². The Labute approximate surface area is 86.2 Å². The van der Waals surface area contributed by atoms with Crippen molar-refractivity contribution in [2.75, 3.05) is 6.54 Å². The number of piperidine rings is 1. The van der Waals surface area contributed by atoms with Gasteiger partial charge in [0.2, 0.25) is 0 Å². The smallest absolute Gasteiger partial charge is 0.309 e. The largest absolute Gasteiger partial charge is 0.460 e. The zero-order chi connectivity index (χ0) is 10.8. The van der Waals surface area contributed by atoms with Crippen molar-refractivity contribution in [2.24, 2.45) is 5.92 Å². The van der Waals surface area contributed by atoms with E-state index in [9.17, 15) is 4.79 Å². The van der Waals surface area contributed by atoms with Crippen LogP contribution in [0.25, 0.3) is 0 Å². The predicted molar refractivity (Wildman–Crippen MR) is 56.0 cm³/mol. The minimum atomic E-state index is -0.356. The van der Waals surface area contributed by atoms with E-state index in [2.05, 4.69) is 12.2 Å². The van der Waals surface area contributed by atoms with Crippen molar-refractivity contribution in [1.82, 2.24) is 5.32 Å². The predicted octanol–water partition coefficient (Wildman–Crippen LogP) is 1.72. The van der Waals surface area contributed by atoms with E-state index in [1.807, 2.05) is 20.8 Å². The normalized spacial score (nSPS) is 28.6. The molecular weight excluding hydrogens is 178 g/mol. The SMILES string of the molecule is C[C@H]1C[C@@H](C(=O)OC(C)(C)C)CCN1. The molecule has 1 fully saturated rings. The molecule has 2 atom stereocenters. The van der Waals surface area contributed by atoms with Gasteiger partial charge >= 0.3 is 5.97 Å². The molecule has 0 aromatic heterocycles. The van der Waals surface area contributed by atoms with Crippen molar-refractivity contribution in [1.29, 1.82) is 0 Å². The first kappa shape index (κ1) is 11.5. The van der Waals surface area contributed by atoms with Gasteiger partial charge in [0.05, 0.1) is 5.92 Å². The highest BCUT2D eigenvalue weighted by molar-refractivity contribution is 5.73. The maximum Gasteiger partial charge on any atom is 0.309 e. The Morgan fingerprint density at radius 2 is 2.07 bits per heavy atom. The van der Waals surface area contributed by atoms with Gasteiger partial charge in [0.15, 0.2) is 0 Å². The molecule has 0 aromatic carbocycles. The average molecular weight is 199 g/mol. The third-order valence-corrected chi connectivity index (χ3v) is 2.36. The van der Waals surface area contributed by atoms with Gasteiger partial charge in [-0.1, -0.05) is 0 Å². The molecule has 3 nitrogen and oxygen atoms in total. The second-order valence-electron chi connectivity index (χ2n) is 5.11. The van der Waals surface area contributed by atoms with Gasteiger partial charge in [0.1, 0.15) is 5.60 Å². The summed E-state index contributed by atoms with van der Waals surface area (Å²) < 4.78 is 5.36. The fraction of sp³-hybridized carbons (Fsp3) is 0.909. The molecule has 3 heteroatoms. The highest BCUT2D eigenvalue weighted by Gasteiger charge is 2.28. The van der Waals surface area contributed by atoms with E-state index >= 15 is 0 Å². The fourth-order valence-electron chi connectivity index (χ4n) is 1.73. The third kappa shape index (κ3) is 3.66. The standard InChI is InChI=1S/C11H21NO2/c1-8-7-9(5-6-12-8)10(13)14-11(2,3)4/h8-9,12H,5-7H2,1-4H3/t8-,9-/m0/s1. The molecule has 0 bridgehead atoms. The first-order chi connectivity index (χ1) is 6.38. The second kappa shape index (κ2) is 4.30. The summed E-state index contributed by atoms with van der Waals surface area (Å²) in [6, 6.07) is 0.432. The van der Waals surface area contributed by atoms with Gasteiger partial charge in [0.25, 0.3) is 0 Å². The van der Waals surface area contributed by atoms with Gasteiger partial charge in [-0.05, 0) is 47.1 Å². The maximum absolute atomic E-state index is 11.7. The fourth-order valence-corrected chi connectivity index (χ4v) is 1.73. The lowest BCUT2D eigenvalue weighted by Gasteiger charge is -2.29. The Morgan fingerprint density at radius 1 is 1.43 bits per heavy atom. The van der Waals surface area contributed by atoms with Gasteiger partial charge in [0, 0.05) is 6.04 Å². The molecule has 1 saturated heterocycles. The molecule has 14 heavy (non-hydrogen) atoms. The molecule has 0 aromatic rings. The van der Waals surface area contributed by atoms with Gasteiger partial charge in [-0.15, -0.1) is 0 Å². The van der Waals surface area contributed by atoms with E-state index in [4.69, 9.17) is 4.74 Å². The number of ether oxygens (including phenoxy) is 1. The summed E-state index contributed by atoms with van der Waals surface area (Å²) in [6.45, 7) is 8.77.